The quantitative estimate of drug-likeness (QED) is 0.425. The number of H-pyrrole nitrogens is 1. The summed E-state index contributed by atoms with van der Waals surface area (Å²) in [6, 6.07) is 17.9. The number of hydrazine groups is 1. The van der Waals surface area contributed by atoms with Gasteiger partial charge in [0.1, 0.15) is 6.54 Å². The van der Waals surface area contributed by atoms with Crippen molar-refractivity contribution in [3.63, 3.8) is 0 Å². The number of carbonyl (C=O) groups excluding carboxylic acids is 3. The Labute approximate surface area is 189 Å². The minimum absolute atomic E-state index is 0.215. The Kier molecular flexibility index (Phi) is 5.10. The number of nitrogens with zero attached hydrogens (tertiary/aromatic N) is 2. The number of aromatic nitrogens is 2. The van der Waals surface area contributed by atoms with E-state index >= 15 is 0 Å². The maximum absolute atomic E-state index is 13.3. The van der Waals surface area contributed by atoms with Crippen LogP contribution in [0.15, 0.2) is 73.1 Å². The van der Waals surface area contributed by atoms with Crippen LogP contribution in [0.1, 0.15) is 43.6 Å². The SMILES string of the molecule is Cc1[nH]c2ccccc2c1C1c2ccccc2C(=O)N1CC(=O)NNC(=O)c1ccncc1. The predicted octanol–water partition coefficient (Wildman–Crippen LogP) is 2.88. The van der Waals surface area contributed by atoms with Crippen molar-refractivity contribution in [3.8, 4) is 0 Å². The molecule has 0 saturated heterocycles. The molecule has 2 aromatic carbocycles. The first-order valence-electron chi connectivity index (χ1n) is 10.5. The first kappa shape index (κ1) is 20.4. The van der Waals surface area contributed by atoms with Crippen molar-refractivity contribution in [2.45, 2.75) is 13.0 Å². The van der Waals surface area contributed by atoms with E-state index in [0.29, 0.717) is 11.1 Å². The van der Waals surface area contributed by atoms with E-state index in [2.05, 4.69) is 20.8 Å². The smallest absolute Gasteiger partial charge is 0.269 e. The zero-order valence-electron chi connectivity index (χ0n) is 17.8. The molecule has 1 aliphatic heterocycles. The fraction of sp³-hybridized carbons (Fsp3) is 0.120. The Morgan fingerprint density at radius 1 is 1.00 bits per heavy atom. The van der Waals surface area contributed by atoms with Gasteiger partial charge in [-0.3, -0.25) is 30.2 Å². The lowest BCUT2D eigenvalue weighted by molar-refractivity contribution is -0.122. The van der Waals surface area contributed by atoms with Crippen LogP contribution in [0.5, 0.6) is 0 Å². The van der Waals surface area contributed by atoms with Crippen LogP contribution in [0, 0.1) is 6.92 Å². The minimum Gasteiger partial charge on any atom is -0.358 e. The molecule has 164 valence electrons. The zero-order chi connectivity index (χ0) is 22.9. The van der Waals surface area contributed by atoms with Crippen LogP contribution < -0.4 is 10.9 Å². The topological polar surface area (TPSA) is 107 Å². The minimum atomic E-state index is -0.499. The largest absolute Gasteiger partial charge is 0.358 e. The summed E-state index contributed by atoms with van der Waals surface area (Å²) in [5, 5.41) is 1.00. The average Bonchev–Trinajstić information content (AvgIpc) is 3.31. The number of para-hydroxylation sites is 1. The van der Waals surface area contributed by atoms with Crippen LogP contribution in [-0.2, 0) is 4.79 Å². The molecule has 1 aliphatic rings. The first-order valence-corrected chi connectivity index (χ1v) is 10.5. The lowest BCUT2D eigenvalue weighted by Gasteiger charge is -2.25. The number of hydrogen-bond donors (Lipinski definition) is 3. The molecular weight excluding hydrogens is 418 g/mol. The second kappa shape index (κ2) is 8.23. The number of aromatic amines is 1. The van der Waals surface area contributed by atoms with Gasteiger partial charge in [0.15, 0.2) is 0 Å². The fourth-order valence-corrected chi connectivity index (χ4v) is 4.39. The van der Waals surface area contributed by atoms with Gasteiger partial charge in [-0.15, -0.1) is 0 Å². The normalized spacial score (nSPS) is 14.9. The van der Waals surface area contributed by atoms with Crippen molar-refractivity contribution in [1.82, 2.24) is 25.7 Å². The highest BCUT2D eigenvalue weighted by Crippen LogP contribution is 2.42. The number of benzene rings is 2. The molecule has 3 N–H and O–H groups in total. The van der Waals surface area contributed by atoms with Crippen molar-refractivity contribution in [2.24, 2.45) is 0 Å². The average molecular weight is 439 g/mol. The van der Waals surface area contributed by atoms with Crippen LogP contribution in [0.25, 0.3) is 10.9 Å². The van der Waals surface area contributed by atoms with E-state index in [0.717, 1.165) is 27.7 Å². The molecule has 0 bridgehead atoms. The van der Waals surface area contributed by atoms with Crippen LogP contribution in [0.4, 0.5) is 0 Å². The molecule has 1 unspecified atom stereocenters. The lowest BCUT2D eigenvalue weighted by atomic mass is 9.95. The molecule has 33 heavy (non-hydrogen) atoms. The summed E-state index contributed by atoms with van der Waals surface area (Å²) in [5.41, 5.74) is 9.44. The summed E-state index contributed by atoms with van der Waals surface area (Å²) in [6.45, 7) is 1.75. The second-order valence-electron chi connectivity index (χ2n) is 7.87. The molecule has 0 spiro atoms. The summed E-state index contributed by atoms with van der Waals surface area (Å²) < 4.78 is 0. The molecular formula is C25H21N5O3. The van der Waals surface area contributed by atoms with Gasteiger partial charge in [0.05, 0.1) is 6.04 Å². The number of nitrogens with one attached hydrogen (secondary N) is 3. The summed E-state index contributed by atoms with van der Waals surface area (Å²) in [7, 11) is 0. The molecule has 4 aromatic rings. The maximum atomic E-state index is 13.3. The van der Waals surface area contributed by atoms with Gasteiger partial charge in [-0.1, -0.05) is 36.4 Å². The van der Waals surface area contributed by atoms with Crippen LogP contribution in [0.2, 0.25) is 0 Å². The van der Waals surface area contributed by atoms with Gasteiger partial charge < -0.3 is 9.88 Å². The van der Waals surface area contributed by atoms with E-state index in [1.54, 1.807) is 11.0 Å². The molecule has 3 amide bonds. The van der Waals surface area contributed by atoms with Crippen molar-refractivity contribution >= 4 is 28.6 Å². The van der Waals surface area contributed by atoms with Crippen molar-refractivity contribution in [3.05, 3.63) is 101 Å². The van der Waals surface area contributed by atoms with Crippen LogP contribution >= 0.6 is 0 Å². The number of carbonyl (C=O) groups is 3. The van der Waals surface area contributed by atoms with Gasteiger partial charge in [0.25, 0.3) is 17.7 Å². The standard InChI is InChI=1S/C25H21N5O3/c1-15-22(19-8-4-5-9-20(19)27-15)23-17-6-2-3-7-18(17)25(33)30(23)14-21(31)28-29-24(32)16-10-12-26-13-11-16/h2-13,23,27H,14H2,1H3,(H,28,31)(H,29,32). The Bertz CT molecular complexity index is 1380. The first-order chi connectivity index (χ1) is 16.0. The highest BCUT2D eigenvalue weighted by molar-refractivity contribution is 6.03. The van der Waals surface area contributed by atoms with Crippen LogP contribution in [-0.4, -0.2) is 39.1 Å². The summed E-state index contributed by atoms with van der Waals surface area (Å²) >= 11 is 0. The molecule has 8 nitrogen and oxygen atoms in total. The third kappa shape index (κ3) is 3.61. The Hall–Kier alpha value is -4.46. The van der Waals surface area contributed by atoms with Gasteiger partial charge in [-0.2, -0.15) is 0 Å². The summed E-state index contributed by atoms with van der Waals surface area (Å²) in [6.07, 6.45) is 2.98. The Balaban J connectivity index is 1.43. The molecule has 3 heterocycles. The summed E-state index contributed by atoms with van der Waals surface area (Å²) in [5.74, 6) is -1.19. The van der Waals surface area contributed by atoms with Gasteiger partial charge >= 0.3 is 0 Å². The third-order valence-corrected chi connectivity index (χ3v) is 5.85. The number of hydrogen-bond acceptors (Lipinski definition) is 4. The Morgan fingerprint density at radius 3 is 2.55 bits per heavy atom. The number of fused-ring (bicyclic) bond motifs is 2. The highest BCUT2D eigenvalue weighted by Gasteiger charge is 2.40. The highest BCUT2D eigenvalue weighted by atomic mass is 16.2. The summed E-state index contributed by atoms with van der Waals surface area (Å²) in [4.78, 5) is 47.1. The number of pyridine rings is 1. The van der Waals surface area contributed by atoms with Gasteiger partial charge in [0.2, 0.25) is 0 Å². The fourth-order valence-electron chi connectivity index (χ4n) is 4.39. The van der Waals surface area contributed by atoms with Gasteiger partial charge in [0, 0.05) is 45.7 Å². The van der Waals surface area contributed by atoms with E-state index in [1.165, 1.54) is 24.5 Å². The van der Waals surface area contributed by atoms with E-state index in [4.69, 9.17) is 0 Å². The maximum Gasteiger partial charge on any atom is 0.269 e. The van der Waals surface area contributed by atoms with Crippen molar-refractivity contribution in [2.75, 3.05) is 6.54 Å². The molecule has 0 saturated carbocycles. The number of amides is 3. The second-order valence-corrected chi connectivity index (χ2v) is 7.87. The van der Waals surface area contributed by atoms with Crippen molar-refractivity contribution < 1.29 is 14.4 Å². The molecule has 0 aliphatic carbocycles. The predicted molar refractivity (Wildman–Crippen MR) is 122 cm³/mol. The molecule has 2 aromatic heterocycles. The van der Waals surface area contributed by atoms with E-state index in [9.17, 15) is 14.4 Å². The number of aryl methyl sites for hydroxylation is 1. The lowest BCUT2D eigenvalue weighted by Crippen LogP contribution is -2.47. The third-order valence-electron chi connectivity index (χ3n) is 5.85. The molecule has 0 radical (unpaired) electrons. The zero-order valence-corrected chi connectivity index (χ0v) is 17.8. The van der Waals surface area contributed by atoms with E-state index in [1.807, 2.05) is 49.4 Å². The monoisotopic (exact) mass is 439 g/mol. The molecule has 1 atom stereocenters. The van der Waals surface area contributed by atoms with Crippen molar-refractivity contribution in [1.29, 1.82) is 0 Å². The molecule has 5 rings (SSSR count). The molecule has 8 heteroatoms. The van der Waals surface area contributed by atoms with Crippen LogP contribution in [0.3, 0.4) is 0 Å². The number of rotatable bonds is 4. The van der Waals surface area contributed by atoms with Gasteiger partial charge in [-0.05, 0) is 36.8 Å². The Morgan fingerprint density at radius 2 is 1.73 bits per heavy atom. The van der Waals surface area contributed by atoms with E-state index < -0.39 is 17.9 Å². The van der Waals surface area contributed by atoms with Gasteiger partial charge in [-0.25, -0.2) is 0 Å². The van der Waals surface area contributed by atoms with E-state index in [-0.39, 0.29) is 12.5 Å². The molecule has 0 fully saturated rings.